The minimum Gasteiger partial charge on any atom is -0.378 e. The number of hydrogen-bond donors (Lipinski definition) is 0. The zero-order chi connectivity index (χ0) is 17.8. The van der Waals surface area contributed by atoms with E-state index in [1.165, 1.54) is 17.8 Å². The first kappa shape index (κ1) is 17.7. The highest BCUT2D eigenvalue weighted by Crippen LogP contribution is 2.38. The highest BCUT2D eigenvalue weighted by Gasteiger charge is 2.23. The molecule has 0 saturated carbocycles. The predicted octanol–water partition coefficient (Wildman–Crippen LogP) is 3.87. The molecule has 3 rings (SSSR count). The van der Waals surface area contributed by atoms with Gasteiger partial charge in [0.2, 0.25) is 0 Å². The quantitative estimate of drug-likeness (QED) is 0.596. The third-order valence-electron chi connectivity index (χ3n) is 3.76. The molecule has 1 aliphatic rings. The molecule has 2 aromatic rings. The number of morpholine rings is 1. The van der Waals surface area contributed by atoms with E-state index in [1.807, 2.05) is 6.07 Å². The minimum atomic E-state index is -0.477. The average Bonchev–Trinajstić information content (AvgIpc) is 2.64. The van der Waals surface area contributed by atoms with Crippen LogP contribution < -0.4 is 0 Å². The molecule has 1 aliphatic heterocycles. The van der Waals surface area contributed by atoms with Gasteiger partial charge in [-0.15, -0.1) is 0 Å². The lowest BCUT2D eigenvalue weighted by atomic mass is 10.1. The molecule has 1 saturated heterocycles. The van der Waals surface area contributed by atoms with Crippen LogP contribution in [0.4, 0.5) is 5.69 Å². The summed E-state index contributed by atoms with van der Waals surface area (Å²) >= 11 is 7.33. The van der Waals surface area contributed by atoms with Crippen molar-refractivity contribution in [1.82, 2.24) is 4.90 Å². The summed E-state index contributed by atoms with van der Waals surface area (Å²) in [6.07, 6.45) is 0. The summed E-state index contributed by atoms with van der Waals surface area (Å²) in [6, 6.07) is 11.7. The average molecular weight is 379 g/mol. The zero-order valence-corrected chi connectivity index (χ0v) is 14.8. The molecule has 0 aliphatic carbocycles. The van der Waals surface area contributed by atoms with Gasteiger partial charge in [0, 0.05) is 29.6 Å². The van der Waals surface area contributed by atoms with Gasteiger partial charge in [-0.2, -0.15) is 0 Å². The Kier molecular flexibility index (Phi) is 5.57. The number of rotatable bonds is 4. The van der Waals surface area contributed by atoms with Gasteiger partial charge in [-0.05, 0) is 24.3 Å². The Hall–Kier alpha value is -2.09. The van der Waals surface area contributed by atoms with Gasteiger partial charge in [0.25, 0.3) is 11.6 Å². The number of nitro benzene ring substituents is 1. The van der Waals surface area contributed by atoms with Crippen molar-refractivity contribution in [3.05, 3.63) is 63.2 Å². The normalized spacial score (nSPS) is 14.4. The molecule has 6 nitrogen and oxygen atoms in total. The van der Waals surface area contributed by atoms with Crippen molar-refractivity contribution in [1.29, 1.82) is 0 Å². The molecule has 0 N–H and O–H groups in total. The summed E-state index contributed by atoms with van der Waals surface area (Å²) in [5.74, 6) is -0.222. The van der Waals surface area contributed by atoms with Gasteiger partial charge in [-0.1, -0.05) is 35.5 Å². The first-order valence-corrected chi connectivity index (χ1v) is 8.83. The van der Waals surface area contributed by atoms with Crippen LogP contribution in [0.1, 0.15) is 10.4 Å². The summed E-state index contributed by atoms with van der Waals surface area (Å²) < 4.78 is 5.23. The van der Waals surface area contributed by atoms with Gasteiger partial charge in [0.15, 0.2) is 0 Å². The summed E-state index contributed by atoms with van der Waals surface area (Å²) in [5, 5.41) is 12.0. The van der Waals surface area contributed by atoms with Crippen molar-refractivity contribution in [2.24, 2.45) is 0 Å². The molecular formula is C17H15ClN2O4S. The van der Waals surface area contributed by atoms with E-state index in [0.717, 1.165) is 4.90 Å². The van der Waals surface area contributed by atoms with E-state index in [-0.39, 0.29) is 11.6 Å². The fraction of sp³-hybridized carbons (Fsp3) is 0.235. The Labute approximate surface area is 153 Å². The smallest absolute Gasteiger partial charge is 0.284 e. The number of nitrogens with zero attached hydrogens (tertiary/aromatic N) is 2. The number of carbonyl (C=O) groups excluding carboxylic acids is 1. The molecule has 0 radical (unpaired) electrons. The van der Waals surface area contributed by atoms with E-state index in [0.29, 0.717) is 41.8 Å². The number of halogens is 1. The van der Waals surface area contributed by atoms with Gasteiger partial charge >= 0.3 is 0 Å². The van der Waals surface area contributed by atoms with Crippen LogP contribution in [0.5, 0.6) is 0 Å². The van der Waals surface area contributed by atoms with Gasteiger partial charge in [0.1, 0.15) is 0 Å². The third kappa shape index (κ3) is 4.12. The van der Waals surface area contributed by atoms with Gasteiger partial charge in [-0.3, -0.25) is 14.9 Å². The first-order valence-electron chi connectivity index (χ1n) is 7.64. The molecule has 1 heterocycles. The topological polar surface area (TPSA) is 72.7 Å². The molecule has 0 aromatic heterocycles. The predicted molar refractivity (Wildman–Crippen MR) is 95.4 cm³/mol. The third-order valence-corrected chi connectivity index (χ3v) is 5.34. The number of hydrogen-bond acceptors (Lipinski definition) is 5. The number of nitro groups is 1. The molecule has 8 heteroatoms. The first-order chi connectivity index (χ1) is 12.1. The van der Waals surface area contributed by atoms with E-state index in [4.69, 9.17) is 16.3 Å². The second-order valence-electron chi connectivity index (χ2n) is 5.38. The Morgan fingerprint density at radius 1 is 1.16 bits per heavy atom. The molecule has 130 valence electrons. The molecule has 25 heavy (non-hydrogen) atoms. The van der Waals surface area contributed by atoms with Crippen LogP contribution in [0.25, 0.3) is 0 Å². The fourth-order valence-electron chi connectivity index (χ4n) is 2.47. The van der Waals surface area contributed by atoms with E-state index in [2.05, 4.69) is 0 Å². The molecule has 0 bridgehead atoms. The van der Waals surface area contributed by atoms with Gasteiger partial charge in [-0.25, -0.2) is 0 Å². The van der Waals surface area contributed by atoms with Gasteiger partial charge < -0.3 is 9.64 Å². The van der Waals surface area contributed by atoms with Crippen LogP contribution in [0.3, 0.4) is 0 Å². The van der Waals surface area contributed by atoms with Crippen molar-refractivity contribution in [3.63, 3.8) is 0 Å². The van der Waals surface area contributed by atoms with Gasteiger partial charge in [0.05, 0.1) is 28.1 Å². The maximum atomic E-state index is 12.5. The summed E-state index contributed by atoms with van der Waals surface area (Å²) in [4.78, 5) is 26.3. The Bertz CT molecular complexity index is 809. The van der Waals surface area contributed by atoms with Crippen LogP contribution in [0.2, 0.25) is 5.02 Å². The Morgan fingerprint density at radius 3 is 2.56 bits per heavy atom. The van der Waals surface area contributed by atoms with Crippen molar-refractivity contribution >= 4 is 35.0 Å². The molecule has 1 fully saturated rings. The van der Waals surface area contributed by atoms with E-state index in [9.17, 15) is 14.9 Å². The number of ether oxygens (including phenoxy) is 1. The highest BCUT2D eigenvalue weighted by atomic mass is 35.5. The van der Waals surface area contributed by atoms with Crippen LogP contribution in [0.15, 0.2) is 52.3 Å². The summed E-state index contributed by atoms with van der Waals surface area (Å²) in [6.45, 7) is 1.94. The Balaban J connectivity index is 1.89. The number of carbonyl (C=O) groups is 1. The van der Waals surface area contributed by atoms with Crippen molar-refractivity contribution < 1.29 is 14.5 Å². The molecular weight excluding hydrogens is 364 g/mol. The van der Waals surface area contributed by atoms with Crippen molar-refractivity contribution in [2.45, 2.75) is 9.79 Å². The lowest BCUT2D eigenvalue weighted by Gasteiger charge is -2.26. The van der Waals surface area contributed by atoms with Crippen molar-refractivity contribution in [2.75, 3.05) is 26.3 Å². The molecule has 1 amide bonds. The largest absolute Gasteiger partial charge is 0.378 e. The molecule has 0 spiro atoms. The standard InChI is InChI=1S/C17H15ClN2O4S/c18-13-3-1-2-4-15(13)25-16-6-5-12(11-14(16)20(22)23)17(21)19-7-9-24-10-8-19/h1-6,11H,7-10H2. The monoisotopic (exact) mass is 378 g/mol. The Morgan fingerprint density at radius 2 is 1.88 bits per heavy atom. The maximum absolute atomic E-state index is 12.5. The molecule has 2 aromatic carbocycles. The SMILES string of the molecule is O=C(c1ccc(Sc2ccccc2Cl)c([N+](=O)[O-])c1)N1CCOCC1. The summed E-state index contributed by atoms with van der Waals surface area (Å²) in [7, 11) is 0. The lowest BCUT2D eigenvalue weighted by molar-refractivity contribution is -0.387. The second kappa shape index (κ2) is 7.86. The van der Waals surface area contributed by atoms with E-state index >= 15 is 0 Å². The zero-order valence-electron chi connectivity index (χ0n) is 13.2. The van der Waals surface area contributed by atoms with E-state index in [1.54, 1.807) is 35.2 Å². The fourth-order valence-corrected chi connectivity index (χ4v) is 3.65. The molecule has 0 atom stereocenters. The van der Waals surface area contributed by atoms with Crippen LogP contribution in [-0.4, -0.2) is 42.0 Å². The lowest BCUT2D eigenvalue weighted by Crippen LogP contribution is -2.40. The highest BCUT2D eigenvalue weighted by molar-refractivity contribution is 7.99. The molecule has 0 unspecified atom stereocenters. The summed E-state index contributed by atoms with van der Waals surface area (Å²) in [5.41, 5.74) is 0.195. The van der Waals surface area contributed by atoms with Crippen LogP contribution >= 0.6 is 23.4 Å². The van der Waals surface area contributed by atoms with E-state index < -0.39 is 4.92 Å². The minimum absolute atomic E-state index is 0.107. The maximum Gasteiger partial charge on any atom is 0.284 e. The number of amides is 1. The van der Waals surface area contributed by atoms with Crippen LogP contribution in [-0.2, 0) is 4.74 Å². The van der Waals surface area contributed by atoms with Crippen LogP contribution in [0, 0.1) is 10.1 Å². The second-order valence-corrected chi connectivity index (χ2v) is 6.87. The number of benzene rings is 2. The van der Waals surface area contributed by atoms with Crippen molar-refractivity contribution in [3.8, 4) is 0 Å².